The van der Waals surface area contributed by atoms with Gasteiger partial charge in [-0.25, -0.2) is 0 Å². The van der Waals surface area contributed by atoms with Crippen molar-refractivity contribution < 1.29 is 18.9 Å². The maximum Gasteiger partial charge on any atom is 0.161 e. The molecule has 1 aliphatic heterocycles. The maximum atomic E-state index is 5.64. The number of ether oxygens (including phenoxy) is 4. The first kappa shape index (κ1) is 12.2. The zero-order chi connectivity index (χ0) is 12.1. The van der Waals surface area contributed by atoms with E-state index >= 15 is 0 Å². The zero-order valence-corrected chi connectivity index (χ0v) is 10.3. The summed E-state index contributed by atoms with van der Waals surface area (Å²) in [6.45, 7) is 1.33. The largest absolute Gasteiger partial charge is 0.493 e. The molecule has 1 aromatic carbocycles. The second kappa shape index (κ2) is 5.89. The van der Waals surface area contributed by atoms with Crippen molar-refractivity contribution in [3.05, 3.63) is 23.8 Å². The molecule has 0 amide bonds. The van der Waals surface area contributed by atoms with E-state index in [4.69, 9.17) is 18.9 Å². The van der Waals surface area contributed by atoms with Gasteiger partial charge in [-0.2, -0.15) is 0 Å². The smallest absolute Gasteiger partial charge is 0.161 e. The summed E-state index contributed by atoms with van der Waals surface area (Å²) in [6, 6.07) is 5.77. The van der Waals surface area contributed by atoms with Crippen LogP contribution in [0.2, 0.25) is 0 Å². The molecule has 1 fully saturated rings. The fourth-order valence-electron chi connectivity index (χ4n) is 1.84. The predicted molar refractivity (Wildman–Crippen MR) is 63.3 cm³/mol. The second-order valence-electron chi connectivity index (χ2n) is 3.94. The van der Waals surface area contributed by atoms with E-state index in [1.807, 2.05) is 18.2 Å². The first-order valence-corrected chi connectivity index (χ1v) is 5.77. The molecule has 2 rings (SSSR count). The summed E-state index contributed by atoms with van der Waals surface area (Å²) in [5.74, 6) is 1.45. The van der Waals surface area contributed by atoms with Crippen molar-refractivity contribution >= 4 is 0 Å². The molecule has 0 N–H and O–H groups in total. The number of rotatable bonds is 5. The number of methoxy groups -OCH3 is 2. The van der Waals surface area contributed by atoms with Crippen LogP contribution in [-0.2, 0) is 16.1 Å². The summed E-state index contributed by atoms with van der Waals surface area (Å²) >= 11 is 0. The van der Waals surface area contributed by atoms with E-state index in [9.17, 15) is 0 Å². The quantitative estimate of drug-likeness (QED) is 0.789. The molecule has 1 aromatic rings. The van der Waals surface area contributed by atoms with Crippen LogP contribution in [0.4, 0.5) is 0 Å². The molecule has 1 saturated heterocycles. The van der Waals surface area contributed by atoms with Gasteiger partial charge in [0.25, 0.3) is 0 Å². The Labute approximate surface area is 101 Å². The number of benzene rings is 1. The zero-order valence-electron chi connectivity index (χ0n) is 10.3. The average molecular weight is 238 g/mol. The average Bonchev–Trinajstić information content (AvgIpc) is 2.89. The monoisotopic (exact) mass is 238 g/mol. The minimum absolute atomic E-state index is 0.0527. The molecule has 0 spiro atoms. The lowest BCUT2D eigenvalue weighted by Crippen LogP contribution is -2.10. The van der Waals surface area contributed by atoms with Crippen molar-refractivity contribution in [2.24, 2.45) is 0 Å². The van der Waals surface area contributed by atoms with Crippen LogP contribution in [0.5, 0.6) is 11.5 Å². The van der Waals surface area contributed by atoms with Crippen LogP contribution in [0.3, 0.4) is 0 Å². The lowest BCUT2D eigenvalue weighted by molar-refractivity contribution is -0.118. The second-order valence-corrected chi connectivity index (χ2v) is 3.94. The van der Waals surface area contributed by atoms with E-state index in [-0.39, 0.29) is 6.29 Å². The van der Waals surface area contributed by atoms with E-state index in [1.165, 1.54) is 0 Å². The number of hydrogen-bond acceptors (Lipinski definition) is 4. The molecule has 0 aliphatic carbocycles. The lowest BCUT2D eigenvalue weighted by atomic mass is 10.2. The fraction of sp³-hybridized carbons (Fsp3) is 0.538. The summed E-state index contributed by atoms with van der Waals surface area (Å²) in [4.78, 5) is 0. The Morgan fingerprint density at radius 1 is 1.24 bits per heavy atom. The third-order valence-corrected chi connectivity index (χ3v) is 2.77. The van der Waals surface area contributed by atoms with E-state index < -0.39 is 0 Å². The summed E-state index contributed by atoms with van der Waals surface area (Å²) in [5, 5.41) is 0. The molecular weight excluding hydrogens is 220 g/mol. The van der Waals surface area contributed by atoms with Gasteiger partial charge in [0, 0.05) is 13.0 Å². The summed E-state index contributed by atoms with van der Waals surface area (Å²) < 4.78 is 21.5. The van der Waals surface area contributed by atoms with Crippen LogP contribution in [0, 0.1) is 0 Å². The normalized spacial score (nSPS) is 19.3. The Morgan fingerprint density at radius 3 is 2.71 bits per heavy atom. The molecule has 0 aromatic heterocycles. The van der Waals surface area contributed by atoms with Crippen molar-refractivity contribution in [3.8, 4) is 11.5 Å². The highest BCUT2D eigenvalue weighted by atomic mass is 16.7. The molecule has 1 unspecified atom stereocenters. The summed E-state index contributed by atoms with van der Waals surface area (Å²) in [7, 11) is 3.25. The van der Waals surface area contributed by atoms with Gasteiger partial charge in [0.15, 0.2) is 17.8 Å². The molecule has 1 aliphatic rings. The molecule has 0 radical (unpaired) electrons. The van der Waals surface area contributed by atoms with Gasteiger partial charge < -0.3 is 18.9 Å². The minimum atomic E-state index is -0.0527. The molecule has 1 atom stereocenters. The molecule has 0 saturated carbocycles. The van der Waals surface area contributed by atoms with Gasteiger partial charge in [-0.15, -0.1) is 0 Å². The van der Waals surface area contributed by atoms with Gasteiger partial charge in [0.05, 0.1) is 20.8 Å². The lowest BCUT2D eigenvalue weighted by Gasteiger charge is -2.13. The molecule has 94 valence electrons. The first-order valence-electron chi connectivity index (χ1n) is 5.77. The van der Waals surface area contributed by atoms with Crippen molar-refractivity contribution in [2.75, 3.05) is 20.8 Å². The van der Waals surface area contributed by atoms with E-state index in [2.05, 4.69) is 0 Å². The van der Waals surface area contributed by atoms with Crippen LogP contribution >= 0.6 is 0 Å². The van der Waals surface area contributed by atoms with Crippen molar-refractivity contribution in [1.82, 2.24) is 0 Å². The van der Waals surface area contributed by atoms with Crippen LogP contribution in [0.15, 0.2) is 18.2 Å². The van der Waals surface area contributed by atoms with Crippen molar-refractivity contribution in [1.29, 1.82) is 0 Å². The predicted octanol–water partition coefficient (Wildman–Crippen LogP) is 2.36. The molecular formula is C13H18O4. The minimum Gasteiger partial charge on any atom is -0.493 e. The molecule has 0 bridgehead atoms. The molecule has 1 heterocycles. The maximum absolute atomic E-state index is 5.64. The highest BCUT2D eigenvalue weighted by Crippen LogP contribution is 2.28. The van der Waals surface area contributed by atoms with Gasteiger partial charge in [-0.3, -0.25) is 0 Å². The van der Waals surface area contributed by atoms with Gasteiger partial charge in [-0.05, 0) is 24.1 Å². The van der Waals surface area contributed by atoms with Gasteiger partial charge in [0.1, 0.15) is 0 Å². The standard InChI is InChI=1S/C13H18O4/c1-14-11-6-5-10(8-12(11)15-2)9-17-13-4-3-7-16-13/h5-6,8,13H,3-4,7,9H2,1-2H3. The molecule has 4 heteroatoms. The molecule has 17 heavy (non-hydrogen) atoms. The van der Waals surface area contributed by atoms with Gasteiger partial charge in [-0.1, -0.05) is 6.07 Å². The highest BCUT2D eigenvalue weighted by molar-refractivity contribution is 5.42. The highest BCUT2D eigenvalue weighted by Gasteiger charge is 2.15. The Morgan fingerprint density at radius 2 is 2.06 bits per heavy atom. The van der Waals surface area contributed by atoms with Gasteiger partial charge in [0.2, 0.25) is 0 Å². The van der Waals surface area contributed by atoms with E-state index in [1.54, 1.807) is 14.2 Å². The summed E-state index contributed by atoms with van der Waals surface area (Å²) in [6.07, 6.45) is 2.01. The SMILES string of the molecule is COc1ccc(COC2CCCO2)cc1OC. The van der Waals surface area contributed by atoms with Gasteiger partial charge >= 0.3 is 0 Å². The Hall–Kier alpha value is -1.26. The van der Waals surface area contributed by atoms with E-state index in [0.717, 1.165) is 36.5 Å². The van der Waals surface area contributed by atoms with Crippen LogP contribution in [0.1, 0.15) is 18.4 Å². The van der Waals surface area contributed by atoms with Crippen LogP contribution in [0.25, 0.3) is 0 Å². The third kappa shape index (κ3) is 3.11. The Kier molecular flexibility index (Phi) is 4.23. The Bertz CT molecular complexity index is 358. The van der Waals surface area contributed by atoms with Crippen LogP contribution < -0.4 is 9.47 Å². The van der Waals surface area contributed by atoms with Crippen LogP contribution in [-0.4, -0.2) is 27.1 Å². The first-order chi connectivity index (χ1) is 8.33. The molecule has 4 nitrogen and oxygen atoms in total. The Balaban J connectivity index is 1.95. The fourth-order valence-corrected chi connectivity index (χ4v) is 1.84. The summed E-state index contributed by atoms with van der Waals surface area (Å²) in [5.41, 5.74) is 1.05. The van der Waals surface area contributed by atoms with Crippen molar-refractivity contribution in [2.45, 2.75) is 25.7 Å². The third-order valence-electron chi connectivity index (χ3n) is 2.77. The van der Waals surface area contributed by atoms with Crippen molar-refractivity contribution in [3.63, 3.8) is 0 Å². The van der Waals surface area contributed by atoms with E-state index in [0.29, 0.717) is 6.61 Å². The topological polar surface area (TPSA) is 36.9 Å². The number of hydrogen-bond donors (Lipinski definition) is 0.